The Kier molecular flexibility index (Phi) is 6.33. The molecule has 1 heterocycles. The van der Waals surface area contributed by atoms with Gasteiger partial charge in [0.25, 0.3) is 5.91 Å². The Labute approximate surface area is 137 Å². The van der Waals surface area contributed by atoms with E-state index in [4.69, 9.17) is 0 Å². The van der Waals surface area contributed by atoms with E-state index >= 15 is 0 Å². The first-order valence-corrected chi connectivity index (χ1v) is 5.45. The maximum Gasteiger partial charge on any atom is 1.00 e. The smallest absolute Gasteiger partial charge is 0.759 e. The minimum atomic E-state index is -0.800. The number of nitrogens with zero attached hydrogens (tertiary/aromatic N) is 1. The van der Waals surface area contributed by atoms with Gasteiger partial charge in [-0.2, -0.15) is 0 Å². The van der Waals surface area contributed by atoms with Crippen LogP contribution in [0.1, 0.15) is 20.7 Å². The zero-order valence-electron chi connectivity index (χ0n) is 10.8. The fourth-order valence-corrected chi connectivity index (χ4v) is 1.54. The summed E-state index contributed by atoms with van der Waals surface area (Å²) in [5.74, 6) is -1.18. The van der Waals surface area contributed by atoms with E-state index in [0.29, 0.717) is 5.56 Å². The van der Waals surface area contributed by atoms with Gasteiger partial charge in [0.1, 0.15) is 0 Å². The van der Waals surface area contributed by atoms with Crippen LogP contribution in [0.5, 0.6) is 0 Å². The van der Waals surface area contributed by atoms with Gasteiger partial charge < -0.3 is 16.0 Å². The SMILES string of the molecule is O=C(Nc1ccccc1C(=O)N[O-])c1ccncc1.[Na+]. The molecule has 2 amide bonds. The summed E-state index contributed by atoms with van der Waals surface area (Å²) in [6, 6.07) is 9.35. The van der Waals surface area contributed by atoms with Crippen molar-refractivity contribution in [3.63, 3.8) is 0 Å². The Morgan fingerprint density at radius 2 is 1.65 bits per heavy atom. The summed E-state index contributed by atoms with van der Waals surface area (Å²) in [7, 11) is 0. The summed E-state index contributed by atoms with van der Waals surface area (Å²) in [4.78, 5) is 27.1. The predicted molar refractivity (Wildman–Crippen MR) is 69.5 cm³/mol. The zero-order valence-corrected chi connectivity index (χ0v) is 12.8. The molecule has 0 aliphatic heterocycles. The number of aromatic nitrogens is 1. The van der Waals surface area contributed by atoms with Crippen molar-refractivity contribution in [2.45, 2.75) is 0 Å². The van der Waals surface area contributed by atoms with Crippen molar-refractivity contribution in [1.82, 2.24) is 10.5 Å². The molecule has 0 fully saturated rings. The number of carbonyl (C=O) groups is 2. The molecule has 0 radical (unpaired) electrons. The molecule has 0 saturated carbocycles. The first-order valence-electron chi connectivity index (χ1n) is 5.45. The van der Waals surface area contributed by atoms with Crippen LogP contribution < -0.4 is 40.4 Å². The number of rotatable bonds is 3. The maximum absolute atomic E-state index is 11.9. The van der Waals surface area contributed by atoms with Gasteiger partial charge in [-0.15, -0.1) is 0 Å². The number of nitrogens with one attached hydrogen (secondary N) is 2. The molecule has 0 atom stereocenters. The molecule has 2 rings (SSSR count). The van der Waals surface area contributed by atoms with Crippen molar-refractivity contribution in [1.29, 1.82) is 0 Å². The van der Waals surface area contributed by atoms with E-state index in [0.717, 1.165) is 0 Å². The molecule has 0 saturated heterocycles. The Hall–Kier alpha value is -1.73. The maximum atomic E-state index is 11.9. The van der Waals surface area contributed by atoms with Gasteiger partial charge in [0.15, 0.2) is 0 Å². The van der Waals surface area contributed by atoms with Crippen LogP contribution in [0.15, 0.2) is 48.8 Å². The first kappa shape index (κ1) is 16.3. The van der Waals surface area contributed by atoms with E-state index in [1.807, 2.05) is 0 Å². The number of pyridine rings is 1. The molecule has 2 aromatic rings. The number of hydrogen-bond donors (Lipinski definition) is 2. The average molecular weight is 279 g/mol. The summed E-state index contributed by atoms with van der Waals surface area (Å²) in [5, 5.41) is 13.0. The molecule has 0 aliphatic rings. The standard InChI is InChI=1S/C13H10N3O3.Na/c17-12(9-5-7-14-8-6-9)15-11-4-2-1-3-10(11)13(18)16-19;/h1-8H,(H2-,14,15,16,17,18,19);/q-1;+1. The number of hydrogen-bond acceptors (Lipinski definition) is 4. The largest absolute Gasteiger partial charge is 1.00 e. The van der Waals surface area contributed by atoms with Crippen molar-refractivity contribution in [3.05, 3.63) is 65.1 Å². The van der Waals surface area contributed by atoms with Gasteiger partial charge in [-0.25, -0.2) is 0 Å². The second-order valence-electron chi connectivity index (χ2n) is 3.67. The fraction of sp³-hybridized carbons (Fsp3) is 0. The Morgan fingerprint density at radius 1 is 1.00 bits per heavy atom. The van der Waals surface area contributed by atoms with E-state index in [1.54, 1.807) is 30.3 Å². The normalized spacial score (nSPS) is 9.25. The first-order chi connectivity index (χ1) is 9.22. The molecule has 20 heavy (non-hydrogen) atoms. The van der Waals surface area contributed by atoms with E-state index in [9.17, 15) is 14.8 Å². The summed E-state index contributed by atoms with van der Waals surface area (Å²) >= 11 is 0. The minimum Gasteiger partial charge on any atom is -0.759 e. The van der Waals surface area contributed by atoms with Crippen molar-refractivity contribution in [2.75, 3.05) is 5.32 Å². The molecular weight excluding hydrogens is 269 g/mol. The zero-order chi connectivity index (χ0) is 13.7. The third-order valence-electron chi connectivity index (χ3n) is 2.46. The van der Waals surface area contributed by atoms with E-state index in [2.05, 4.69) is 10.3 Å². The van der Waals surface area contributed by atoms with Crippen LogP contribution in [-0.2, 0) is 0 Å². The number of hydroxylamine groups is 1. The van der Waals surface area contributed by atoms with E-state index in [1.165, 1.54) is 23.9 Å². The number of anilines is 1. The van der Waals surface area contributed by atoms with Crippen molar-refractivity contribution in [3.8, 4) is 0 Å². The van der Waals surface area contributed by atoms with Crippen molar-refractivity contribution < 1.29 is 39.1 Å². The van der Waals surface area contributed by atoms with Crippen LogP contribution in [0, 0.1) is 5.21 Å². The molecule has 1 aromatic heterocycles. The molecule has 6 nitrogen and oxygen atoms in total. The summed E-state index contributed by atoms with van der Waals surface area (Å²) in [5.41, 5.74) is 2.08. The van der Waals surface area contributed by atoms with E-state index < -0.39 is 5.91 Å². The monoisotopic (exact) mass is 279 g/mol. The molecule has 0 spiro atoms. The molecular formula is C13H10N3NaO3. The Morgan fingerprint density at radius 3 is 2.30 bits per heavy atom. The van der Waals surface area contributed by atoms with Gasteiger partial charge in [-0.3, -0.25) is 14.6 Å². The summed E-state index contributed by atoms with van der Waals surface area (Å²) in [6.07, 6.45) is 2.98. The van der Waals surface area contributed by atoms with Crippen LogP contribution in [0.2, 0.25) is 0 Å². The van der Waals surface area contributed by atoms with E-state index in [-0.39, 0.29) is 46.7 Å². The quantitative estimate of drug-likeness (QED) is 0.532. The third kappa shape index (κ3) is 3.88. The summed E-state index contributed by atoms with van der Waals surface area (Å²) in [6.45, 7) is 0. The second-order valence-corrected chi connectivity index (χ2v) is 3.67. The van der Waals surface area contributed by atoms with Crippen molar-refractivity contribution in [2.24, 2.45) is 0 Å². The van der Waals surface area contributed by atoms with Gasteiger partial charge in [-0.05, 0) is 24.3 Å². The van der Waals surface area contributed by atoms with Crippen LogP contribution >= 0.6 is 0 Å². The second kappa shape index (κ2) is 7.76. The van der Waals surface area contributed by atoms with Gasteiger partial charge in [-0.1, -0.05) is 12.1 Å². The van der Waals surface area contributed by atoms with Crippen LogP contribution in [0.3, 0.4) is 0 Å². The van der Waals surface area contributed by atoms with Crippen LogP contribution in [-0.4, -0.2) is 16.8 Å². The third-order valence-corrected chi connectivity index (χ3v) is 2.46. The Bertz CT molecular complexity index is 605. The minimum absolute atomic E-state index is 0. The van der Waals surface area contributed by atoms with Gasteiger partial charge in [0.2, 0.25) is 5.91 Å². The van der Waals surface area contributed by atoms with Crippen LogP contribution in [0.25, 0.3) is 0 Å². The van der Waals surface area contributed by atoms with Crippen molar-refractivity contribution >= 4 is 17.5 Å². The van der Waals surface area contributed by atoms with Crippen LogP contribution in [0.4, 0.5) is 5.69 Å². The summed E-state index contributed by atoms with van der Waals surface area (Å²) < 4.78 is 0. The van der Waals surface area contributed by atoms with Gasteiger partial charge >= 0.3 is 29.6 Å². The number of para-hydroxylation sites is 1. The predicted octanol–water partition coefficient (Wildman–Crippen LogP) is -1.43. The number of carbonyl (C=O) groups excluding carboxylic acids is 2. The molecule has 7 heteroatoms. The van der Waals surface area contributed by atoms with Gasteiger partial charge in [0, 0.05) is 18.0 Å². The molecule has 1 aromatic carbocycles. The van der Waals surface area contributed by atoms with Gasteiger partial charge in [0.05, 0.1) is 11.3 Å². The average Bonchev–Trinajstić information content (AvgIpc) is 2.48. The fourth-order valence-electron chi connectivity index (χ4n) is 1.54. The number of benzene rings is 1. The molecule has 0 bridgehead atoms. The molecule has 0 unspecified atom stereocenters. The molecule has 96 valence electrons. The Balaban J connectivity index is 0.00000200. The molecule has 0 aliphatic carbocycles. The topological polar surface area (TPSA) is 94.2 Å². The number of amides is 2. The molecule has 2 N–H and O–H groups in total.